The van der Waals surface area contributed by atoms with Crippen molar-refractivity contribution >= 4 is 50.9 Å². The van der Waals surface area contributed by atoms with Gasteiger partial charge in [-0.25, -0.2) is 0 Å². The Balaban J connectivity index is 2.10. The number of para-hydroxylation sites is 1. The Labute approximate surface area is 160 Å². The molecule has 0 aliphatic heterocycles. The van der Waals surface area contributed by atoms with E-state index in [9.17, 15) is 19.7 Å². The van der Waals surface area contributed by atoms with Gasteiger partial charge in [-0.1, -0.05) is 29.0 Å². The molecule has 0 fully saturated rings. The highest BCUT2D eigenvalue weighted by atomic mass is 35.5. The van der Waals surface area contributed by atoms with Crippen LogP contribution in [0.25, 0.3) is 10.2 Å². The number of benzene rings is 1. The summed E-state index contributed by atoms with van der Waals surface area (Å²) >= 11 is 7.38. The van der Waals surface area contributed by atoms with Gasteiger partial charge in [0.05, 0.1) is 27.9 Å². The molecule has 2 heterocycles. The van der Waals surface area contributed by atoms with E-state index in [0.717, 1.165) is 17.4 Å². The average Bonchev–Trinajstić information content (AvgIpc) is 3.22. The fourth-order valence-electron chi connectivity index (χ4n) is 2.34. The summed E-state index contributed by atoms with van der Waals surface area (Å²) in [4.78, 5) is 38.4. The number of amides is 1. The molecule has 9 nitrogen and oxygen atoms in total. The molecule has 11 heteroatoms. The Morgan fingerprint density at radius 1 is 1.37 bits per heavy atom. The van der Waals surface area contributed by atoms with Gasteiger partial charge in [0.1, 0.15) is 11.5 Å². The molecule has 2 aromatic heterocycles. The molecule has 0 saturated carbocycles. The molecule has 0 unspecified atom stereocenters. The summed E-state index contributed by atoms with van der Waals surface area (Å²) in [7, 11) is 0. The molecule has 0 N–H and O–H groups in total. The van der Waals surface area contributed by atoms with Gasteiger partial charge in [-0.2, -0.15) is 4.99 Å². The van der Waals surface area contributed by atoms with Gasteiger partial charge in [-0.15, -0.1) is 0 Å². The third-order valence-corrected chi connectivity index (χ3v) is 4.77. The van der Waals surface area contributed by atoms with Crippen LogP contribution in [0, 0.1) is 10.1 Å². The van der Waals surface area contributed by atoms with E-state index < -0.39 is 22.7 Å². The number of rotatable bonds is 5. The number of hydrogen-bond acceptors (Lipinski definition) is 7. The maximum absolute atomic E-state index is 12.3. The number of hydrogen-bond donors (Lipinski definition) is 0. The SMILES string of the molecule is CCOC(=O)Cn1c(=NC(=O)c2ccc([N+](=O)[O-])o2)sc2cccc(Cl)c21. The van der Waals surface area contributed by atoms with Crippen molar-refractivity contribution in [2.45, 2.75) is 13.5 Å². The normalized spacial score (nSPS) is 11.7. The molecule has 1 aromatic carbocycles. The summed E-state index contributed by atoms with van der Waals surface area (Å²) in [6.45, 7) is 1.69. The summed E-state index contributed by atoms with van der Waals surface area (Å²) in [5.74, 6) is -2.18. The number of nitrogens with zero attached hydrogens (tertiary/aromatic N) is 3. The predicted octanol–water partition coefficient (Wildman–Crippen LogP) is 3.16. The Hall–Kier alpha value is -2.98. The second-order valence-electron chi connectivity index (χ2n) is 5.17. The topological polar surface area (TPSA) is 117 Å². The van der Waals surface area contributed by atoms with Crippen LogP contribution in [0.5, 0.6) is 0 Å². The van der Waals surface area contributed by atoms with Gasteiger partial charge in [0.25, 0.3) is 0 Å². The number of nitro groups is 1. The number of aromatic nitrogens is 1. The lowest BCUT2D eigenvalue weighted by Gasteiger charge is -2.05. The van der Waals surface area contributed by atoms with Crippen molar-refractivity contribution in [3.05, 3.63) is 56.0 Å². The lowest BCUT2D eigenvalue weighted by atomic mass is 10.3. The number of carbonyl (C=O) groups is 2. The van der Waals surface area contributed by atoms with Crippen LogP contribution in [0.15, 0.2) is 39.7 Å². The minimum Gasteiger partial charge on any atom is -0.465 e. The second-order valence-corrected chi connectivity index (χ2v) is 6.59. The largest absolute Gasteiger partial charge is 0.465 e. The van der Waals surface area contributed by atoms with Crippen LogP contribution in [-0.2, 0) is 16.1 Å². The first-order chi connectivity index (χ1) is 12.9. The van der Waals surface area contributed by atoms with Crippen molar-refractivity contribution in [3.63, 3.8) is 0 Å². The van der Waals surface area contributed by atoms with Crippen LogP contribution in [0.3, 0.4) is 0 Å². The molecule has 3 rings (SSSR count). The van der Waals surface area contributed by atoms with Gasteiger partial charge >= 0.3 is 17.8 Å². The molecule has 0 atom stereocenters. The minimum atomic E-state index is -0.816. The standard InChI is InChI=1S/C16H12ClN3O6S/c1-2-25-13(21)8-19-14-9(17)4-3-5-11(14)27-16(19)18-15(22)10-6-7-12(26-10)20(23)24/h3-7H,2,8H2,1H3. The van der Waals surface area contributed by atoms with Gasteiger partial charge in [-0.3, -0.25) is 19.7 Å². The van der Waals surface area contributed by atoms with Gasteiger partial charge < -0.3 is 13.7 Å². The summed E-state index contributed by atoms with van der Waals surface area (Å²) in [5, 5.41) is 11.1. The highest BCUT2D eigenvalue weighted by molar-refractivity contribution is 7.16. The van der Waals surface area contributed by atoms with Crippen molar-refractivity contribution in [3.8, 4) is 0 Å². The number of halogens is 1. The molecule has 0 aliphatic carbocycles. The molecule has 0 spiro atoms. The fraction of sp³-hybridized carbons (Fsp3) is 0.188. The maximum Gasteiger partial charge on any atom is 0.433 e. The van der Waals surface area contributed by atoms with E-state index in [1.165, 1.54) is 10.6 Å². The molecule has 0 saturated heterocycles. The van der Waals surface area contributed by atoms with E-state index in [1.807, 2.05) is 0 Å². The summed E-state index contributed by atoms with van der Waals surface area (Å²) in [6.07, 6.45) is 0. The van der Waals surface area contributed by atoms with Crippen LogP contribution >= 0.6 is 22.9 Å². The zero-order chi connectivity index (χ0) is 19.6. The minimum absolute atomic E-state index is 0.190. The predicted molar refractivity (Wildman–Crippen MR) is 96.7 cm³/mol. The van der Waals surface area contributed by atoms with Crippen molar-refractivity contribution in [1.82, 2.24) is 4.57 Å². The van der Waals surface area contributed by atoms with Crippen LogP contribution in [-0.4, -0.2) is 28.0 Å². The summed E-state index contributed by atoms with van der Waals surface area (Å²) in [6, 6.07) is 7.39. The Morgan fingerprint density at radius 3 is 2.81 bits per heavy atom. The van der Waals surface area contributed by atoms with E-state index in [0.29, 0.717) is 15.2 Å². The average molecular weight is 410 g/mol. The Kier molecular flexibility index (Phi) is 5.38. The first kappa shape index (κ1) is 18.8. The molecule has 0 aliphatic rings. The molecule has 140 valence electrons. The zero-order valence-electron chi connectivity index (χ0n) is 13.9. The highest BCUT2D eigenvalue weighted by Crippen LogP contribution is 2.25. The van der Waals surface area contributed by atoms with Gasteiger partial charge in [0, 0.05) is 0 Å². The van der Waals surface area contributed by atoms with Crippen molar-refractivity contribution in [2.24, 2.45) is 4.99 Å². The zero-order valence-corrected chi connectivity index (χ0v) is 15.5. The number of carbonyl (C=O) groups excluding carboxylic acids is 2. The van der Waals surface area contributed by atoms with E-state index in [-0.39, 0.29) is 23.7 Å². The van der Waals surface area contributed by atoms with Crippen molar-refractivity contribution < 1.29 is 23.7 Å². The molecule has 0 radical (unpaired) electrons. The Bertz CT molecular complexity index is 1110. The summed E-state index contributed by atoms with van der Waals surface area (Å²) < 4.78 is 12.0. The smallest absolute Gasteiger partial charge is 0.433 e. The molecule has 1 amide bonds. The van der Waals surface area contributed by atoms with Crippen LogP contribution in [0.1, 0.15) is 17.5 Å². The van der Waals surface area contributed by atoms with E-state index >= 15 is 0 Å². The lowest BCUT2D eigenvalue weighted by molar-refractivity contribution is -0.402. The van der Waals surface area contributed by atoms with E-state index in [1.54, 1.807) is 25.1 Å². The summed E-state index contributed by atoms with van der Waals surface area (Å²) in [5.41, 5.74) is 0.536. The van der Waals surface area contributed by atoms with Gasteiger partial charge in [0.2, 0.25) is 5.76 Å². The molecule has 3 aromatic rings. The van der Waals surface area contributed by atoms with E-state index in [2.05, 4.69) is 4.99 Å². The quantitative estimate of drug-likeness (QED) is 0.363. The van der Waals surface area contributed by atoms with Crippen molar-refractivity contribution in [1.29, 1.82) is 0 Å². The van der Waals surface area contributed by atoms with Crippen LogP contribution < -0.4 is 4.80 Å². The van der Waals surface area contributed by atoms with Gasteiger partial charge in [0.15, 0.2) is 4.80 Å². The fourth-order valence-corrected chi connectivity index (χ4v) is 3.72. The van der Waals surface area contributed by atoms with Crippen molar-refractivity contribution in [2.75, 3.05) is 6.61 Å². The maximum atomic E-state index is 12.3. The molecular formula is C16H12ClN3O6S. The lowest BCUT2D eigenvalue weighted by Crippen LogP contribution is -2.23. The Morgan fingerprint density at radius 2 is 2.15 bits per heavy atom. The van der Waals surface area contributed by atoms with Crippen LogP contribution in [0.2, 0.25) is 5.02 Å². The highest BCUT2D eigenvalue weighted by Gasteiger charge is 2.19. The number of ether oxygens (including phenoxy) is 1. The number of furan rings is 1. The number of thiazole rings is 1. The van der Waals surface area contributed by atoms with Gasteiger partial charge in [-0.05, 0) is 25.1 Å². The van der Waals surface area contributed by atoms with Crippen LogP contribution in [0.4, 0.5) is 5.88 Å². The second kappa shape index (κ2) is 7.72. The number of fused-ring (bicyclic) bond motifs is 1. The first-order valence-electron chi connectivity index (χ1n) is 7.67. The first-order valence-corrected chi connectivity index (χ1v) is 8.87. The number of esters is 1. The molecule has 0 bridgehead atoms. The molecular weight excluding hydrogens is 398 g/mol. The third-order valence-electron chi connectivity index (χ3n) is 3.42. The monoisotopic (exact) mass is 409 g/mol. The van der Waals surface area contributed by atoms with E-state index in [4.69, 9.17) is 20.8 Å². The molecule has 27 heavy (non-hydrogen) atoms. The third kappa shape index (κ3) is 3.91.